The lowest BCUT2D eigenvalue weighted by Gasteiger charge is -2.12. The number of aromatic nitrogens is 3. The molecule has 1 aromatic carbocycles. The minimum atomic E-state index is 0.286. The van der Waals surface area contributed by atoms with E-state index in [9.17, 15) is 0 Å². The van der Waals surface area contributed by atoms with Crippen molar-refractivity contribution in [1.82, 2.24) is 14.8 Å². The molecule has 0 fully saturated rings. The Bertz CT molecular complexity index is 544. The van der Waals surface area contributed by atoms with Gasteiger partial charge in [0.15, 0.2) is 0 Å². The van der Waals surface area contributed by atoms with E-state index >= 15 is 0 Å². The van der Waals surface area contributed by atoms with E-state index in [1.165, 1.54) is 0 Å². The first kappa shape index (κ1) is 14.2. The molecule has 0 aliphatic heterocycles. The van der Waals surface area contributed by atoms with Gasteiger partial charge in [-0.2, -0.15) is 5.10 Å². The number of ether oxygens (including phenoxy) is 2. The van der Waals surface area contributed by atoms with Gasteiger partial charge in [-0.3, -0.25) is 0 Å². The van der Waals surface area contributed by atoms with Crippen molar-refractivity contribution in [1.29, 1.82) is 0 Å². The average molecular weight is 276 g/mol. The van der Waals surface area contributed by atoms with E-state index in [-0.39, 0.29) is 6.04 Å². The molecule has 6 heteroatoms. The van der Waals surface area contributed by atoms with Gasteiger partial charge in [0, 0.05) is 29.9 Å². The molecule has 0 aliphatic rings. The summed E-state index contributed by atoms with van der Waals surface area (Å²) in [5.74, 6) is 2.39. The van der Waals surface area contributed by atoms with Crippen molar-refractivity contribution < 1.29 is 9.47 Å². The van der Waals surface area contributed by atoms with Crippen molar-refractivity contribution in [2.45, 2.75) is 26.4 Å². The molecule has 0 spiro atoms. The number of anilines is 1. The van der Waals surface area contributed by atoms with E-state index in [1.807, 2.05) is 22.9 Å². The average Bonchev–Trinajstić information content (AvgIpc) is 2.93. The largest absolute Gasteiger partial charge is 0.497 e. The van der Waals surface area contributed by atoms with Gasteiger partial charge in [0.25, 0.3) is 0 Å². The molecular formula is C14H20N4O2. The maximum atomic E-state index is 5.24. The van der Waals surface area contributed by atoms with Crippen molar-refractivity contribution in [3.05, 3.63) is 30.4 Å². The smallest absolute Gasteiger partial charge is 0.146 e. The maximum absolute atomic E-state index is 5.24. The minimum Gasteiger partial charge on any atom is -0.497 e. The van der Waals surface area contributed by atoms with Crippen LogP contribution < -0.4 is 14.8 Å². The Balaban J connectivity index is 2.12. The highest BCUT2D eigenvalue weighted by molar-refractivity contribution is 5.53. The minimum absolute atomic E-state index is 0.286. The van der Waals surface area contributed by atoms with Gasteiger partial charge in [-0.25, -0.2) is 9.67 Å². The SMILES string of the molecule is COc1cc(NCc2ncnn2C(C)C)cc(OC)c1. The van der Waals surface area contributed by atoms with E-state index in [0.29, 0.717) is 6.54 Å². The van der Waals surface area contributed by atoms with Crippen molar-refractivity contribution >= 4 is 5.69 Å². The van der Waals surface area contributed by atoms with Crippen LogP contribution in [0.5, 0.6) is 11.5 Å². The molecule has 0 unspecified atom stereocenters. The lowest BCUT2D eigenvalue weighted by molar-refractivity contribution is 0.394. The molecule has 2 aromatic rings. The van der Waals surface area contributed by atoms with Crippen LogP contribution in [0, 0.1) is 0 Å². The maximum Gasteiger partial charge on any atom is 0.146 e. The van der Waals surface area contributed by atoms with Gasteiger partial charge in [0.1, 0.15) is 23.7 Å². The summed E-state index contributed by atoms with van der Waals surface area (Å²) in [6.07, 6.45) is 1.57. The zero-order chi connectivity index (χ0) is 14.5. The fourth-order valence-electron chi connectivity index (χ4n) is 1.92. The molecule has 0 aliphatic carbocycles. The summed E-state index contributed by atoms with van der Waals surface area (Å²) in [5.41, 5.74) is 0.916. The summed E-state index contributed by atoms with van der Waals surface area (Å²) >= 11 is 0. The lowest BCUT2D eigenvalue weighted by atomic mass is 10.2. The molecule has 0 amide bonds. The van der Waals surface area contributed by atoms with Crippen LogP contribution in [0.4, 0.5) is 5.69 Å². The summed E-state index contributed by atoms with van der Waals surface area (Å²) in [5, 5.41) is 7.52. The Morgan fingerprint density at radius 2 is 1.80 bits per heavy atom. The molecule has 0 atom stereocenters. The second kappa shape index (κ2) is 6.27. The summed E-state index contributed by atoms with van der Waals surface area (Å²) in [6, 6.07) is 5.95. The molecular weight excluding hydrogens is 256 g/mol. The van der Waals surface area contributed by atoms with Crippen LogP contribution in [-0.4, -0.2) is 29.0 Å². The number of hydrogen-bond donors (Lipinski definition) is 1. The number of benzene rings is 1. The standard InChI is InChI=1S/C14H20N4O2/c1-10(2)18-14(16-9-17-18)8-15-11-5-12(19-3)7-13(6-11)20-4/h5-7,9-10,15H,8H2,1-4H3. The van der Waals surface area contributed by atoms with Gasteiger partial charge in [0.2, 0.25) is 0 Å². The van der Waals surface area contributed by atoms with Crippen LogP contribution in [0.1, 0.15) is 25.7 Å². The van der Waals surface area contributed by atoms with E-state index in [1.54, 1.807) is 20.5 Å². The van der Waals surface area contributed by atoms with Crippen LogP contribution in [-0.2, 0) is 6.54 Å². The Kier molecular flexibility index (Phi) is 4.45. The van der Waals surface area contributed by atoms with E-state index in [2.05, 4.69) is 29.2 Å². The highest BCUT2D eigenvalue weighted by atomic mass is 16.5. The normalized spacial score (nSPS) is 10.7. The van der Waals surface area contributed by atoms with Crippen molar-refractivity contribution in [3.8, 4) is 11.5 Å². The molecule has 1 N–H and O–H groups in total. The molecule has 0 saturated heterocycles. The zero-order valence-electron chi connectivity index (χ0n) is 12.3. The van der Waals surface area contributed by atoms with E-state index in [4.69, 9.17) is 9.47 Å². The molecule has 20 heavy (non-hydrogen) atoms. The van der Waals surface area contributed by atoms with Crippen molar-refractivity contribution in [2.24, 2.45) is 0 Å². The summed E-state index contributed by atoms with van der Waals surface area (Å²) in [4.78, 5) is 4.26. The molecule has 0 saturated carbocycles. The second-order valence-corrected chi connectivity index (χ2v) is 4.67. The highest BCUT2D eigenvalue weighted by Gasteiger charge is 2.08. The predicted octanol–water partition coefficient (Wildman–Crippen LogP) is 2.49. The topological polar surface area (TPSA) is 61.2 Å². The Hall–Kier alpha value is -2.24. The third kappa shape index (κ3) is 3.20. The molecule has 0 bridgehead atoms. The van der Waals surface area contributed by atoms with Crippen molar-refractivity contribution in [3.63, 3.8) is 0 Å². The molecule has 0 radical (unpaired) electrons. The zero-order valence-corrected chi connectivity index (χ0v) is 12.3. The van der Waals surface area contributed by atoms with Gasteiger partial charge in [0.05, 0.1) is 20.8 Å². The number of nitrogens with zero attached hydrogens (tertiary/aromatic N) is 3. The van der Waals surface area contributed by atoms with Crippen molar-refractivity contribution in [2.75, 3.05) is 19.5 Å². The van der Waals surface area contributed by atoms with Crippen LogP contribution in [0.25, 0.3) is 0 Å². The second-order valence-electron chi connectivity index (χ2n) is 4.67. The van der Waals surface area contributed by atoms with Gasteiger partial charge >= 0.3 is 0 Å². The Morgan fingerprint density at radius 3 is 2.35 bits per heavy atom. The predicted molar refractivity (Wildman–Crippen MR) is 77.3 cm³/mol. The van der Waals surface area contributed by atoms with Crippen LogP contribution in [0.15, 0.2) is 24.5 Å². The fourth-order valence-corrected chi connectivity index (χ4v) is 1.92. The quantitative estimate of drug-likeness (QED) is 0.878. The summed E-state index contributed by atoms with van der Waals surface area (Å²) < 4.78 is 12.4. The van der Waals surface area contributed by atoms with Crippen LogP contribution in [0.2, 0.25) is 0 Å². The monoisotopic (exact) mass is 276 g/mol. The first-order valence-electron chi connectivity index (χ1n) is 6.49. The molecule has 2 rings (SSSR count). The first-order chi connectivity index (χ1) is 9.63. The van der Waals surface area contributed by atoms with Gasteiger partial charge in [-0.15, -0.1) is 0 Å². The highest BCUT2D eigenvalue weighted by Crippen LogP contribution is 2.26. The Morgan fingerprint density at radius 1 is 1.15 bits per heavy atom. The molecule has 6 nitrogen and oxygen atoms in total. The number of hydrogen-bond acceptors (Lipinski definition) is 5. The molecule has 1 aromatic heterocycles. The van der Waals surface area contributed by atoms with E-state index in [0.717, 1.165) is 23.0 Å². The van der Waals surface area contributed by atoms with Gasteiger partial charge in [-0.05, 0) is 13.8 Å². The molecule has 1 heterocycles. The summed E-state index contributed by atoms with van der Waals surface area (Å²) in [7, 11) is 3.27. The van der Waals surface area contributed by atoms with Crippen LogP contribution in [0.3, 0.4) is 0 Å². The third-order valence-electron chi connectivity index (χ3n) is 2.94. The number of methoxy groups -OCH3 is 2. The summed E-state index contributed by atoms with van der Waals surface area (Å²) in [6.45, 7) is 4.74. The Labute approximate surface area is 118 Å². The van der Waals surface area contributed by atoms with Crippen LogP contribution >= 0.6 is 0 Å². The van der Waals surface area contributed by atoms with Gasteiger partial charge in [-0.1, -0.05) is 0 Å². The fraction of sp³-hybridized carbons (Fsp3) is 0.429. The third-order valence-corrected chi connectivity index (χ3v) is 2.94. The van der Waals surface area contributed by atoms with E-state index < -0.39 is 0 Å². The lowest BCUT2D eigenvalue weighted by Crippen LogP contribution is -2.12. The molecule has 108 valence electrons. The number of nitrogens with one attached hydrogen (secondary N) is 1. The van der Waals surface area contributed by atoms with Gasteiger partial charge < -0.3 is 14.8 Å². The first-order valence-corrected chi connectivity index (χ1v) is 6.49. The number of rotatable bonds is 6.